The molecule has 0 saturated heterocycles. The monoisotopic (exact) mass is 264 g/mol. The lowest BCUT2D eigenvalue weighted by atomic mass is 10.3. The zero-order valence-corrected chi connectivity index (χ0v) is 10.8. The van der Waals surface area contributed by atoms with Crippen LogP contribution >= 0.6 is 11.8 Å². The lowest BCUT2D eigenvalue weighted by Gasteiger charge is -2.07. The molecule has 0 atom stereocenters. The van der Waals surface area contributed by atoms with Gasteiger partial charge in [-0.15, -0.1) is 10.2 Å². The normalized spacial score (nSPS) is 10.6. The van der Waals surface area contributed by atoms with Gasteiger partial charge in [0.25, 0.3) is 0 Å². The van der Waals surface area contributed by atoms with Gasteiger partial charge in [0.1, 0.15) is 5.82 Å². The van der Waals surface area contributed by atoms with Crippen LogP contribution in [0.5, 0.6) is 0 Å². The fourth-order valence-corrected chi connectivity index (χ4v) is 2.17. The van der Waals surface area contributed by atoms with Crippen LogP contribution in [0.3, 0.4) is 0 Å². The molecule has 1 N–H and O–H groups in total. The number of pyridine rings is 1. The molecule has 2 heterocycles. The Bertz CT molecular complexity index is 565. The Morgan fingerprint density at radius 2 is 2.17 bits per heavy atom. The van der Waals surface area contributed by atoms with Crippen LogP contribution in [0.25, 0.3) is 5.69 Å². The first-order chi connectivity index (χ1) is 8.58. The molecule has 2 aromatic heterocycles. The van der Waals surface area contributed by atoms with Crippen molar-refractivity contribution in [2.24, 2.45) is 0 Å². The molecule has 94 valence electrons. The number of carboxylic acids is 1. The summed E-state index contributed by atoms with van der Waals surface area (Å²) in [5.41, 5.74) is 1.75. The Balaban J connectivity index is 2.34. The molecule has 0 bridgehead atoms. The number of aromatic nitrogens is 4. The Morgan fingerprint density at radius 3 is 2.78 bits per heavy atom. The largest absolute Gasteiger partial charge is 0.481 e. The van der Waals surface area contributed by atoms with Crippen molar-refractivity contribution >= 4 is 17.7 Å². The first-order valence-electron chi connectivity index (χ1n) is 5.27. The van der Waals surface area contributed by atoms with Gasteiger partial charge in [0.05, 0.1) is 17.6 Å². The summed E-state index contributed by atoms with van der Waals surface area (Å²) in [6.45, 7) is 3.72. The lowest BCUT2D eigenvalue weighted by molar-refractivity contribution is -0.133. The third kappa shape index (κ3) is 2.67. The van der Waals surface area contributed by atoms with Crippen molar-refractivity contribution in [3.63, 3.8) is 0 Å². The molecule has 6 nitrogen and oxygen atoms in total. The van der Waals surface area contributed by atoms with Gasteiger partial charge in [-0.3, -0.25) is 14.3 Å². The zero-order chi connectivity index (χ0) is 13.1. The van der Waals surface area contributed by atoms with E-state index in [4.69, 9.17) is 5.11 Å². The van der Waals surface area contributed by atoms with E-state index in [1.165, 1.54) is 0 Å². The second kappa shape index (κ2) is 5.18. The predicted molar refractivity (Wildman–Crippen MR) is 67.0 cm³/mol. The molecule has 0 aliphatic heterocycles. The van der Waals surface area contributed by atoms with Crippen LogP contribution in [0.15, 0.2) is 23.5 Å². The van der Waals surface area contributed by atoms with Gasteiger partial charge in [-0.1, -0.05) is 11.8 Å². The van der Waals surface area contributed by atoms with E-state index < -0.39 is 5.97 Å². The van der Waals surface area contributed by atoms with Crippen LogP contribution in [0.4, 0.5) is 0 Å². The van der Waals surface area contributed by atoms with E-state index in [0.717, 1.165) is 23.1 Å². The molecular weight excluding hydrogens is 252 g/mol. The highest BCUT2D eigenvalue weighted by Crippen LogP contribution is 2.21. The number of carbonyl (C=O) groups is 1. The van der Waals surface area contributed by atoms with Crippen molar-refractivity contribution in [1.29, 1.82) is 0 Å². The first-order valence-corrected chi connectivity index (χ1v) is 6.26. The smallest absolute Gasteiger partial charge is 0.313 e. The zero-order valence-electron chi connectivity index (χ0n) is 9.99. The van der Waals surface area contributed by atoms with Crippen molar-refractivity contribution in [1.82, 2.24) is 19.7 Å². The van der Waals surface area contributed by atoms with E-state index >= 15 is 0 Å². The Morgan fingerprint density at radius 1 is 1.39 bits per heavy atom. The number of hydrogen-bond acceptors (Lipinski definition) is 5. The molecule has 0 aliphatic rings. The third-order valence-electron chi connectivity index (χ3n) is 2.27. The highest BCUT2D eigenvalue weighted by molar-refractivity contribution is 7.99. The molecule has 0 amide bonds. The predicted octanol–water partition coefficient (Wildman–Crippen LogP) is 1.46. The average molecular weight is 264 g/mol. The number of aryl methyl sites for hydroxylation is 2. The van der Waals surface area contributed by atoms with Crippen LogP contribution in [-0.2, 0) is 4.79 Å². The molecule has 0 saturated carbocycles. The summed E-state index contributed by atoms with van der Waals surface area (Å²) in [6.07, 6.45) is 1.72. The molecule has 0 unspecified atom stereocenters. The van der Waals surface area contributed by atoms with Gasteiger partial charge < -0.3 is 5.11 Å². The van der Waals surface area contributed by atoms with Crippen molar-refractivity contribution in [2.75, 3.05) is 5.75 Å². The highest BCUT2D eigenvalue weighted by atomic mass is 32.2. The summed E-state index contributed by atoms with van der Waals surface area (Å²) in [5, 5.41) is 17.2. The van der Waals surface area contributed by atoms with Crippen LogP contribution in [0.1, 0.15) is 11.5 Å². The van der Waals surface area contributed by atoms with Crippen LogP contribution in [-0.4, -0.2) is 36.6 Å². The van der Waals surface area contributed by atoms with Gasteiger partial charge in [0, 0.05) is 5.69 Å². The fourth-order valence-electron chi connectivity index (χ4n) is 1.45. The summed E-state index contributed by atoms with van der Waals surface area (Å²) in [7, 11) is 0. The lowest BCUT2D eigenvalue weighted by Crippen LogP contribution is -2.03. The van der Waals surface area contributed by atoms with E-state index in [2.05, 4.69) is 15.2 Å². The second-order valence-corrected chi connectivity index (χ2v) is 4.65. The molecule has 0 radical (unpaired) electrons. The van der Waals surface area contributed by atoms with E-state index in [1.54, 1.807) is 10.8 Å². The number of rotatable bonds is 4. The second-order valence-electron chi connectivity index (χ2n) is 3.71. The van der Waals surface area contributed by atoms with Crippen molar-refractivity contribution in [3.05, 3.63) is 29.8 Å². The molecule has 2 aromatic rings. The van der Waals surface area contributed by atoms with Crippen molar-refractivity contribution in [3.8, 4) is 5.69 Å². The summed E-state index contributed by atoms with van der Waals surface area (Å²) < 4.78 is 1.79. The standard InChI is InChI=1S/C11H12N4O2S/c1-7-3-4-9(5-12-7)15-8(2)13-14-11(15)18-6-10(16)17/h3-5H,6H2,1-2H3,(H,16,17). The van der Waals surface area contributed by atoms with E-state index in [9.17, 15) is 4.79 Å². The van der Waals surface area contributed by atoms with Gasteiger partial charge in [0.15, 0.2) is 5.16 Å². The summed E-state index contributed by atoms with van der Waals surface area (Å²) in [6, 6.07) is 3.80. The molecule has 0 spiro atoms. The van der Waals surface area contributed by atoms with Gasteiger partial charge in [-0.2, -0.15) is 0 Å². The minimum atomic E-state index is -0.880. The van der Waals surface area contributed by atoms with Crippen LogP contribution in [0.2, 0.25) is 0 Å². The quantitative estimate of drug-likeness (QED) is 0.842. The van der Waals surface area contributed by atoms with E-state index in [-0.39, 0.29) is 5.75 Å². The first kappa shape index (κ1) is 12.6. The van der Waals surface area contributed by atoms with Gasteiger partial charge in [-0.25, -0.2) is 0 Å². The molecular formula is C11H12N4O2S. The van der Waals surface area contributed by atoms with E-state index in [1.807, 2.05) is 26.0 Å². The number of thioether (sulfide) groups is 1. The van der Waals surface area contributed by atoms with Gasteiger partial charge in [-0.05, 0) is 26.0 Å². The summed E-state index contributed by atoms with van der Waals surface area (Å²) >= 11 is 1.14. The number of aliphatic carboxylic acids is 1. The van der Waals surface area contributed by atoms with Crippen LogP contribution < -0.4 is 0 Å². The Labute approximate surface area is 108 Å². The molecule has 18 heavy (non-hydrogen) atoms. The van der Waals surface area contributed by atoms with Gasteiger partial charge in [0.2, 0.25) is 0 Å². The van der Waals surface area contributed by atoms with Crippen LogP contribution in [0, 0.1) is 13.8 Å². The maximum absolute atomic E-state index is 10.6. The molecule has 2 rings (SSSR count). The average Bonchev–Trinajstić information content (AvgIpc) is 2.69. The summed E-state index contributed by atoms with van der Waals surface area (Å²) in [5.74, 6) is -0.222. The van der Waals surface area contributed by atoms with Crippen molar-refractivity contribution < 1.29 is 9.90 Å². The Kier molecular flexibility index (Phi) is 3.61. The molecule has 7 heteroatoms. The topological polar surface area (TPSA) is 80.9 Å². The Hall–Kier alpha value is -1.89. The third-order valence-corrected chi connectivity index (χ3v) is 3.19. The maximum Gasteiger partial charge on any atom is 0.313 e. The maximum atomic E-state index is 10.6. The van der Waals surface area contributed by atoms with E-state index in [0.29, 0.717) is 11.0 Å². The highest BCUT2D eigenvalue weighted by Gasteiger charge is 2.12. The molecule has 0 aliphatic carbocycles. The number of hydrogen-bond donors (Lipinski definition) is 1. The molecule has 0 aromatic carbocycles. The van der Waals surface area contributed by atoms with Crippen molar-refractivity contribution in [2.45, 2.75) is 19.0 Å². The minimum absolute atomic E-state index is 0.0442. The summed E-state index contributed by atoms with van der Waals surface area (Å²) in [4.78, 5) is 14.8. The minimum Gasteiger partial charge on any atom is -0.481 e. The number of carboxylic acid groups (broad SMARTS) is 1. The fraction of sp³-hybridized carbons (Fsp3) is 0.273. The molecule has 0 fully saturated rings. The van der Waals surface area contributed by atoms with Gasteiger partial charge >= 0.3 is 5.97 Å². The number of nitrogens with zero attached hydrogens (tertiary/aromatic N) is 4. The SMILES string of the molecule is Cc1ccc(-n2c(C)nnc2SCC(=O)O)cn1.